The molecule has 1 aromatic rings. The molecule has 0 unspecified atom stereocenters. The second kappa shape index (κ2) is 5.25. The molecule has 0 heterocycles. The Morgan fingerprint density at radius 2 is 2.12 bits per heavy atom. The van der Waals surface area contributed by atoms with E-state index in [2.05, 4.69) is 0 Å². The van der Waals surface area contributed by atoms with E-state index in [4.69, 9.17) is 5.26 Å². The number of rotatable bonds is 4. The number of aryl methyl sites for hydroxylation is 1. The molecule has 0 bridgehead atoms. The molecular weight excluding hydrogens is 243 g/mol. The van der Waals surface area contributed by atoms with Crippen molar-refractivity contribution in [2.24, 2.45) is 0 Å². The molecule has 0 fully saturated rings. The Hall–Kier alpha value is -1.45. The fourth-order valence-corrected chi connectivity index (χ4v) is 2.54. The minimum Gasteiger partial charge on any atom is -0.207 e. The molecule has 0 aliphatic heterocycles. The minimum absolute atomic E-state index is 0.0387. The van der Waals surface area contributed by atoms with Gasteiger partial charge in [-0.25, -0.2) is 12.8 Å². The van der Waals surface area contributed by atoms with Crippen molar-refractivity contribution in [2.45, 2.75) is 18.2 Å². The van der Waals surface area contributed by atoms with Crippen molar-refractivity contribution in [1.82, 2.24) is 4.31 Å². The molecule has 0 radical (unpaired) electrons. The third-order valence-electron chi connectivity index (χ3n) is 2.38. The topological polar surface area (TPSA) is 61.2 Å². The molecule has 1 aromatic carbocycles. The third-order valence-corrected chi connectivity index (χ3v) is 4.23. The van der Waals surface area contributed by atoms with Crippen molar-refractivity contribution in [3.8, 4) is 6.07 Å². The molecule has 0 saturated heterocycles. The Bertz CT molecular complexity index is 549. The van der Waals surface area contributed by atoms with Crippen LogP contribution in [0.4, 0.5) is 4.39 Å². The van der Waals surface area contributed by atoms with Crippen LogP contribution in [0.5, 0.6) is 0 Å². The van der Waals surface area contributed by atoms with Gasteiger partial charge in [0.2, 0.25) is 10.0 Å². The normalized spacial score (nSPS) is 11.5. The molecule has 0 amide bonds. The quantitative estimate of drug-likeness (QED) is 0.823. The van der Waals surface area contributed by atoms with Crippen LogP contribution in [0, 0.1) is 24.1 Å². The highest BCUT2D eigenvalue weighted by Gasteiger charge is 2.20. The molecule has 0 aliphatic rings. The second-order valence-corrected chi connectivity index (χ2v) is 5.69. The summed E-state index contributed by atoms with van der Waals surface area (Å²) < 4.78 is 38.1. The van der Waals surface area contributed by atoms with Crippen molar-refractivity contribution in [1.29, 1.82) is 5.26 Å². The number of nitriles is 1. The molecule has 0 aromatic heterocycles. The first-order chi connectivity index (χ1) is 7.89. The lowest BCUT2D eigenvalue weighted by Crippen LogP contribution is -2.27. The summed E-state index contributed by atoms with van der Waals surface area (Å²) in [6.45, 7) is 1.62. The van der Waals surface area contributed by atoms with Crippen LogP contribution in [-0.2, 0) is 10.0 Å². The van der Waals surface area contributed by atoms with E-state index >= 15 is 0 Å². The molecule has 17 heavy (non-hydrogen) atoms. The van der Waals surface area contributed by atoms with E-state index < -0.39 is 15.8 Å². The maximum Gasteiger partial charge on any atom is 0.242 e. The van der Waals surface area contributed by atoms with Crippen molar-refractivity contribution in [3.05, 3.63) is 29.6 Å². The average molecular weight is 256 g/mol. The van der Waals surface area contributed by atoms with Gasteiger partial charge in [-0.3, -0.25) is 0 Å². The number of halogens is 1. The largest absolute Gasteiger partial charge is 0.242 e. The molecule has 0 saturated carbocycles. The van der Waals surface area contributed by atoms with Gasteiger partial charge in [-0.15, -0.1) is 0 Å². The van der Waals surface area contributed by atoms with E-state index in [0.29, 0.717) is 0 Å². The molecule has 6 heteroatoms. The summed E-state index contributed by atoms with van der Waals surface area (Å²) in [5, 5.41) is 8.41. The Kier molecular flexibility index (Phi) is 4.21. The zero-order valence-corrected chi connectivity index (χ0v) is 10.5. The third kappa shape index (κ3) is 3.02. The maximum atomic E-state index is 13.0. The van der Waals surface area contributed by atoms with Gasteiger partial charge >= 0.3 is 0 Å². The standard InChI is InChI=1S/C11H13FN2O2S/c1-9-8-10(4-5-11(9)12)17(15,16)14(2)7-3-6-13/h4-5,8H,3,7H2,1-2H3. The smallest absolute Gasteiger partial charge is 0.207 e. The van der Waals surface area contributed by atoms with Crippen molar-refractivity contribution < 1.29 is 12.8 Å². The summed E-state index contributed by atoms with van der Waals surface area (Å²) in [4.78, 5) is 0.0387. The SMILES string of the molecule is Cc1cc(S(=O)(=O)N(C)CCC#N)ccc1F. The highest BCUT2D eigenvalue weighted by Crippen LogP contribution is 2.17. The summed E-state index contributed by atoms with van der Waals surface area (Å²) in [6.07, 6.45) is 0.121. The van der Waals surface area contributed by atoms with Gasteiger partial charge in [-0.1, -0.05) is 0 Å². The van der Waals surface area contributed by atoms with Crippen molar-refractivity contribution in [3.63, 3.8) is 0 Å². The zero-order valence-electron chi connectivity index (χ0n) is 9.64. The highest BCUT2D eigenvalue weighted by molar-refractivity contribution is 7.89. The first kappa shape index (κ1) is 13.6. The van der Waals surface area contributed by atoms with Gasteiger partial charge in [0.05, 0.1) is 11.0 Å². The van der Waals surface area contributed by atoms with Crippen molar-refractivity contribution in [2.75, 3.05) is 13.6 Å². The number of benzene rings is 1. The van der Waals surface area contributed by atoms with E-state index in [9.17, 15) is 12.8 Å². The Balaban J connectivity index is 3.05. The van der Waals surface area contributed by atoms with Crippen molar-refractivity contribution >= 4 is 10.0 Å². The van der Waals surface area contributed by atoms with Gasteiger partial charge in [0, 0.05) is 20.0 Å². The minimum atomic E-state index is -3.63. The Morgan fingerprint density at radius 3 is 2.65 bits per heavy atom. The van der Waals surface area contributed by atoms with Gasteiger partial charge in [0.15, 0.2) is 0 Å². The summed E-state index contributed by atoms with van der Waals surface area (Å²) in [7, 11) is -2.24. The second-order valence-electron chi connectivity index (χ2n) is 3.65. The van der Waals surface area contributed by atoms with Crippen LogP contribution in [0.3, 0.4) is 0 Å². The fourth-order valence-electron chi connectivity index (χ4n) is 1.29. The number of hydrogen-bond donors (Lipinski definition) is 0. The average Bonchev–Trinajstić information content (AvgIpc) is 2.29. The highest BCUT2D eigenvalue weighted by atomic mass is 32.2. The summed E-state index contributed by atoms with van der Waals surface area (Å²) in [5.74, 6) is -0.441. The molecule has 92 valence electrons. The van der Waals surface area contributed by atoms with Gasteiger partial charge in [-0.05, 0) is 30.7 Å². The molecule has 1 rings (SSSR count). The summed E-state index contributed by atoms with van der Waals surface area (Å²) in [6, 6.07) is 5.51. The maximum absolute atomic E-state index is 13.0. The first-order valence-electron chi connectivity index (χ1n) is 4.99. The van der Waals surface area contributed by atoms with Crippen LogP contribution in [0.1, 0.15) is 12.0 Å². The summed E-state index contributed by atoms with van der Waals surface area (Å²) >= 11 is 0. The molecule has 0 spiro atoms. The fraction of sp³-hybridized carbons (Fsp3) is 0.364. The zero-order chi connectivity index (χ0) is 13.1. The van der Waals surface area contributed by atoms with E-state index in [1.165, 1.54) is 26.1 Å². The van der Waals surface area contributed by atoms with E-state index in [0.717, 1.165) is 10.4 Å². The number of nitrogens with zero attached hydrogens (tertiary/aromatic N) is 2. The van der Waals surface area contributed by atoms with Gasteiger partial charge < -0.3 is 0 Å². The van der Waals surface area contributed by atoms with Crippen LogP contribution in [-0.4, -0.2) is 26.3 Å². The number of sulfonamides is 1. The lowest BCUT2D eigenvalue weighted by atomic mass is 10.2. The van der Waals surface area contributed by atoms with Gasteiger partial charge in [-0.2, -0.15) is 9.57 Å². The van der Waals surface area contributed by atoms with Crippen LogP contribution in [0.15, 0.2) is 23.1 Å². The van der Waals surface area contributed by atoms with Crippen LogP contribution in [0.25, 0.3) is 0 Å². The lowest BCUT2D eigenvalue weighted by molar-refractivity contribution is 0.476. The van der Waals surface area contributed by atoms with E-state index in [-0.39, 0.29) is 23.4 Å². The molecule has 0 atom stereocenters. The molecule has 4 nitrogen and oxygen atoms in total. The van der Waals surface area contributed by atoms with Crippen LogP contribution >= 0.6 is 0 Å². The van der Waals surface area contributed by atoms with Gasteiger partial charge in [0.25, 0.3) is 0 Å². The summed E-state index contributed by atoms with van der Waals surface area (Å²) in [5.41, 5.74) is 0.278. The molecule has 0 N–H and O–H groups in total. The molecular formula is C11H13FN2O2S. The Labute approximate surface area is 100 Å². The van der Waals surface area contributed by atoms with Crippen LogP contribution < -0.4 is 0 Å². The lowest BCUT2D eigenvalue weighted by Gasteiger charge is -2.16. The van der Waals surface area contributed by atoms with Gasteiger partial charge in [0.1, 0.15) is 5.82 Å². The predicted molar refractivity (Wildman–Crippen MR) is 61.2 cm³/mol. The Morgan fingerprint density at radius 1 is 1.47 bits per heavy atom. The number of hydrogen-bond acceptors (Lipinski definition) is 3. The molecule has 0 aliphatic carbocycles. The predicted octanol–water partition coefficient (Wildman–Crippen LogP) is 1.67. The van der Waals surface area contributed by atoms with E-state index in [1.807, 2.05) is 6.07 Å². The van der Waals surface area contributed by atoms with Crippen LogP contribution in [0.2, 0.25) is 0 Å². The monoisotopic (exact) mass is 256 g/mol. The first-order valence-corrected chi connectivity index (χ1v) is 6.43. The van der Waals surface area contributed by atoms with E-state index in [1.54, 1.807) is 0 Å².